The van der Waals surface area contributed by atoms with E-state index in [1.807, 2.05) is 37.3 Å². The number of piperidine rings is 1. The number of rotatable bonds is 6. The molecule has 7 heteroatoms. The van der Waals surface area contributed by atoms with E-state index in [0.717, 1.165) is 48.8 Å². The molecule has 2 aliphatic heterocycles. The second-order valence-electron chi connectivity index (χ2n) is 8.99. The number of anilines is 3. The molecule has 2 saturated heterocycles. The summed E-state index contributed by atoms with van der Waals surface area (Å²) in [5.41, 5.74) is 3.82. The van der Waals surface area contributed by atoms with Gasteiger partial charge in [0.05, 0.1) is 11.6 Å². The van der Waals surface area contributed by atoms with E-state index < -0.39 is 0 Å². The van der Waals surface area contributed by atoms with Crippen LogP contribution in [0.2, 0.25) is 0 Å². The quantitative estimate of drug-likeness (QED) is 0.640. The summed E-state index contributed by atoms with van der Waals surface area (Å²) in [4.78, 5) is 25.7. The fourth-order valence-corrected chi connectivity index (χ4v) is 4.35. The molecule has 3 N–H and O–H groups in total. The predicted molar refractivity (Wildman–Crippen MR) is 124 cm³/mol. The molecular weight excluding hydrogens is 407 g/mol. The lowest BCUT2D eigenvalue weighted by Gasteiger charge is -2.33. The smallest absolute Gasteiger partial charge is 0.225 e. The molecule has 4 rings (SSSR count). The van der Waals surface area contributed by atoms with Crippen molar-refractivity contribution >= 4 is 28.9 Å². The number of hydrogen-bond donors (Lipinski definition) is 3. The predicted octanol–water partition coefficient (Wildman–Crippen LogP) is 3.87. The Morgan fingerprint density at radius 3 is 2.53 bits per heavy atom. The van der Waals surface area contributed by atoms with Gasteiger partial charge in [0.25, 0.3) is 0 Å². The molecule has 2 heterocycles. The highest BCUT2D eigenvalue weighted by atomic mass is 19.1. The van der Waals surface area contributed by atoms with E-state index in [-0.39, 0.29) is 30.0 Å². The van der Waals surface area contributed by atoms with Gasteiger partial charge in [0.15, 0.2) is 5.82 Å². The zero-order chi connectivity index (χ0) is 22.7. The van der Waals surface area contributed by atoms with Crippen molar-refractivity contribution in [3.63, 3.8) is 0 Å². The number of nitrogens with zero attached hydrogens (tertiary/aromatic N) is 1. The fourth-order valence-electron chi connectivity index (χ4n) is 4.35. The van der Waals surface area contributed by atoms with Gasteiger partial charge in [-0.15, -0.1) is 0 Å². The molecule has 0 saturated carbocycles. The van der Waals surface area contributed by atoms with Crippen molar-refractivity contribution in [2.45, 2.75) is 39.7 Å². The molecule has 6 nitrogen and oxygen atoms in total. The minimum atomic E-state index is -0.300. The van der Waals surface area contributed by atoms with Crippen LogP contribution in [0.1, 0.15) is 37.3 Å². The van der Waals surface area contributed by atoms with Crippen LogP contribution in [0.15, 0.2) is 36.4 Å². The monoisotopic (exact) mass is 438 g/mol. The van der Waals surface area contributed by atoms with Crippen LogP contribution in [0.4, 0.5) is 21.5 Å². The summed E-state index contributed by atoms with van der Waals surface area (Å²) in [6, 6.07) is 11.3. The number of carbonyl (C=O) groups is 2. The Bertz CT molecular complexity index is 984. The second kappa shape index (κ2) is 9.59. The Balaban J connectivity index is 1.35. The van der Waals surface area contributed by atoms with E-state index in [0.29, 0.717) is 24.3 Å². The molecule has 2 aromatic carbocycles. The summed E-state index contributed by atoms with van der Waals surface area (Å²) in [6.45, 7) is 6.84. The van der Waals surface area contributed by atoms with Gasteiger partial charge in [0.1, 0.15) is 0 Å². The standard InChI is InChI=1S/C25H31FN4O2/c1-16-9-11-30(12-10-16)22-8-7-21(24(26)17(22)2)29-20-5-3-18(4-6-20)14-28-25(32)19-13-23(31)27-15-19/h3-8,16,19,29H,9-15H2,1-2H3,(H,27,31)(H,28,32). The molecule has 2 amide bonds. The van der Waals surface area contributed by atoms with E-state index in [4.69, 9.17) is 0 Å². The van der Waals surface area contributed by atoms with Crippen molar-refractivity contribution < 1.29 is 14.0 Å². The molecule has 0 aliphatic carbocycles. The summed E-state index contributed by atoms with van der Waals surface area (Å²) in [5, 5.41) is 8.71. The Hall–Kier alpha value is -3.09. The molecule has 2 aliphatic rings. The van der Waals surface area contributed by atoms with Gasteiger partial charge in [0.2, 0.25) is 11.8 Å². The zero-order valence-electron chi connectivity index (χ0n) is 18.7. The average molecular weight is 439 g/mol. The fraction of sp³-hybridized carbons (Fsp3) is 0.440. The summed E-state index contributed by atoms with van der Waals surface area (Å²) in [5.74, 6) is 0.00801. The first kappa shape index (κ1) is 22.1. The zero-order valence-corrected chi connectivity index (χ0v) is 18.7. The average Bonchev–Trinajstić information content (AvgIpc) is 3.23. The SMILES string of the molecule is Cc1c(N2CCC(C)CC2)ccc(Nc2ccc(CNC(=O)C3CNC(=O)C3)cc2)c1F. The summed E-state index contributed by atoms with van der Waals surface area (Å²) in [6.07, 6.45) is 2.53. The van der Waals surface area contributed by atoms with Crippen LogP contribution >= 0.6 is 0 Å². The number of nitrogens with one attached hydrogen (secondary N) is 3. The third-order valence-corrected chi connectivity index (χ3v) is 6.53. The molecule has 2 aromatic rings. The van der Waals surface area contributed by atoms with Crippen LogP contribution in [0, 0.1) is 24.6 Å². The van der Waals surface area contributed by atoms with Gasteiger partial charge in [-0.25, -0.2) is 4.39 Å². The minimum absolute atomic E-state index is 0.0818. The van der Waals surface area contributed by atoms with Crippen LogP contribution in [-0.4, -0.2) is 31.4 Å². The number of benzene rings is 2. The highest BCUT2D eigenvalue weighted by Crippen LogP contribution is 2.32. The number of halogens is 1. The van der Waals surface area contributed by atoms with E-state index in [9.17, 15) is 9.59 Å². The van der Waals surface area contributed by atoms with Gasteiger partial charge in [0, 0.05) is 49.5 Å². The Labute approximate surface area is 188 Å². The highest BCUT2D eigenvalue weighted by Gasteiger charge is 2.27. The molecule has 32 heavy (non-hydrogen) atoms. The van der Waals surface area contributed by atoms with Gasteiger partial charge in [-0.1, -0.05) is 19.1 Å². The molecule has 170 valence electrons. The van der Waals surface area contributed by atoms with Gasteiger partial charge < -0.3 is 20.9 Å². The normalized spacial score (nSPS) is 19.0. The minimum Gasteiger partial charge on any atom is -0.371 e. The van der Waals surface area contributed by atoms with Gasteiger partial charge in [-0.3, -0.25) is 9.59 Å². The second-order valence-corrected chi connectivity index (χ2v) is 8.99. The Morgan fingerprint density at radius 2 is 1.88 bits per heavy atom. The maximum Gasteiger partial charge on any atom is 0.225 e. The maximum atomic E-state index is 15.1. The van der Waals surface area contributed by atoms with Crippen molar-refractivity contribution in [1.82, 2.24) is 10.6 Å². The van der Waals surface area contributed by atoms with Crippen molar-refractivity contribution in [3.8, 4) is 0 Å². The van der Waals surface area contributed by atoms with Crippen molar-refractivity contribution in [3.05, 3.63) is 53.3 Å². The third kappa shape index (κ3) is 5.03. The topological polar surface area (TPSA) is 73.5 Å². The van der Waals surface area contributed by atoms with E-state index in [2.05, 4.69) is 27.8 Å². The molecule has 2 fully saturated rings. The lowest BCUT2D eigenvalue weighted by Crippen LogP contribution is -2.33. The first-order valence-electron chi connectivity index (χ1n) is 11.3. The molecule has 0 spiro atoms. The van der Waals surface area contributed by atoms with E-state index >= 15 is 4.39 Å². The Kier molecular flexibility index (Phi) is 6.63. The first-order chi connectivity index (χ1) is 15.4. The van der Waals surface area contributed by atoms with Crippen LogP contribution < -0.4 is 20.9 Å². The van der Waals surface area contributed by atoms with Gasteiger partial charge >= 0.3 is 0 Å². The lowest BCUT2D eigenvalue weighted by molar-refractivity contribution is -0.126. The lowest BCUT2D eigenvalue weighted by atomic mass is 9.98. The number of carbonyl (C=O) groups excluding carboxylic acids is 2. The number of hydrogen-bond acceptors (Lipinski definition) is 4. The van der Waals surface area contributed by atoms with Gasteiger partial charge in [-0.05, 0) is 55.5 Å². The molecule has 0 radical (unpaired) electrons. The van der Waals surface area contributed by atoms with Crippen molar-refractivity contribution in [2.24, 2.45) is 11.8 Å². The van der Waals surface area contributed by atoms with Crippen molar-refractivity contribution in [2.75, 3.05) is 29.9 Å². The molecule has 1 atom stereocenters. The largest absolute Gasteiger partial charge is 0.371 e. The summed E-state index contributed by atoms with van der Waals surface area (Å²) >= 11 is 0. The van der Waals surface area contributed by atoms with Crippen molar-refractivity contribution in [1.29, 1.82) is 0 Å². The molecular formula is C25H31FN4O2. The van der Waals surface area contributed by atoms with Crippen LogP contribution in [0.5, 0.6) is 0 Å². The van der Waals surface area contributed by atoms with Crippen LogP contribution in [-0.2, 0) is 16.1 Å². The third-order valence-electron chi connectivity index (χ3n) is 6.53. The first-order valence-corrected chi connectivity index (χ1v) is 11.3. The van der Waals surface area contributed by atoms with Gasteiger partial charge in [-0.2, -0.15) is 0 Å². The molecule has 1 unspecified atom stereocenters. The van der Waals surface area contributed by atoms with E-state index in [1.54, 1.807) is 6.07 Å². The summed E-state index contributed by atoms with van der Waals surface area (Å²) in [7, 11) is 0. The summed E-state index contributed by atoms with van der Waals surface area (Å²) < 4.78 is 15.1. The Morgan fingerprint density at radius 1 is 1.16 bits per heavy atom. The maximum absolute atomic E-state index is 15.1. The van der Waals surface area contributed by atoms with E-state index in [1.165, 1.54) is 0 Å². The van der Waals surface area contributed by atoms with Crippen LogP contribution in [0.25, 0.3) is 0 Å². The number of amides is 2. The molecule has 0 bridgehead atoms. The highest BCUT2D eigenvalue weighted by molar-refractivity contribution is 5.89. The van der Waals surface area contributed by atoms with Crippen LogP contribution in [0.3, 0.4) is 0 Å². The molecule has 0 aromatic heterocycles.